The lowest BCUT2D eigenvalue weighted by Gasteiger charge is -2.36. The molecular weight excluding hydrogens is 243 g/mol. The maximum absolute atomic E-state index is 6.32. The first-order valence-electron chi connectivity index (χ1n) is 5.20. The molecular formula is C13H14Cl2O. The SMILES string of the molecule is C=C1Cc2c(OC)cccc2C(C)C1(Cl)Cl. The standard InChI is InChI=1S/C13H14Cl2O/c1-8-7-11-10(9(2)13(8,14)15)5-4-6-12(11)16-3/h4-6,9H,1,7H2,2-3H3. The molecule has 1 aliphatic rings. The van der Waals surface area contributed by atoms with Gasteiger partial charge in [0.15, 0.2) is 0 Å². The molecule has 0 radical (unpaired) electrons. The van der Waals surface area contributed by atoms with Crippen LogP contribution in [0.25, 0.3) is 0 Å². The summed E-state index contributed by atoms with van der Waals surface area (Å²) in [6.07, 6.45) is 0.677. The highest BCUT2D eigenvalue weighted by Gasteiger charge is 2.41. The second-order valence-electron chi connectivity index (χ2n) is 4.15. The predicted octanol–water partition coefficient (Wildman–Crippen LogP) is 4.08. The highest BCUT2D eigenvalue weighted by Crippen LogP contribution is 2.50. The lowest BCUT2D eigenvalue weighted by Crippen LogP contribution is -2.30. The molecule has 1 aromatic rings. The molecule has 1 unspecified atom stereocenters. The van der Waals surface area contributed by atoms with Gasteiger partial charge in [-0.3, -0.25) is 0 Å². The molecule has 0 bridgehead atoms. The summed E-state index contributed by atoms with van der Waals surface area (Å²) in [6, 6.07) is 5.97. The minimum atomic E-state index is -0.876. The number of hydrogen-bond donors (Lipinski definition) is 0. The molecule has 0 saturated heterocycles. The zero-order valence-corrected chi connectivity index (χ0v) is 10.9. The molecule has 0 spiro atoms. The van der Waals surface area contributed by atoms with Gasteiger partial charge in [0.05, 0.1) is 7.11 Å². The van der Waals surface area contributed by atoms with Crippen LogP contribution in [0, 0.1) is 0 Å². The van der Waals surface area contributed by atoms with Crippen molar-refractivity contribution in [3.05, 3.63) is 41.5 Å². The van der Waals surface area contributed by atoms with Gasteiger partial charge in [0, 0.05) is 11.5 Å². The molecule has 1 atom stereocenters. The topological polar surface area (TPSA) is 9.23 Å². The summed E-state index contributed by atoms with van der Waals surface area (Å²) in [7, 11) is 1.67. The van der Waals surface area contributed by atoms with E-state index in [4.69, 9.17) is 27.9 Å². The molecule has 0 N–H and O–H groups in total. The summed E-state index contributed by atoms with van der Waals surface area (Å²) in [5, 5.41) is 0. The summed E-state index contributed by atoms with van der Waals surface area (Å²) < 4.78 is 4.47. The number of alkyl halides is 2. The fourth-order valence-corrected chi connectivity index (χ4v) is 2.57. The van der Waals surface area contributed by atoms with Gasteiger partial charge in [-0.2, -0.15) is 0 Å². The van der Waals surface area contributed by atoms with E-state index in [2.05, 4.69) is 12.6 Å². The van der Waals surface area contributed by atoms with Gasteiger partial charge in [0.25, 0.3) is 0 Å². The van der Waals surface area contributed by atoms with Crippen molar-refractivity contribution < 1.29 is 4.74 Å². The maximum atomic E-state index is 6.32. The number of allylic oxidation sites excluding steroid dienone is 1. The van der Waals surface area contributed by atoms with E-state index >= 15 is 0 Å². The van der Waals surface area contributed by atoms with E-state index in [1.165, 1.54) is 0 Å². The lowest BCUT2D eigenvalue weighted by atomic mass is 9.80. The Morgan fingerprint density at radius 3 is 2.75 bits per heavy atom. The smallest absolute Gasteiger partial charge is 0.145 e. The Labute approximate surface area is 106 Å². The number of fused-ring (bicyclic) bond motifs is 1. The van der Waals surface area contributed by atoms with Crippen LogP contribution in [-0.2, 0) is 6.42 Å². The van der Waals surface area contributed by atoms with Crippen molar-refractivity contribution in [1.82, 2.24) is 0 Å². The molecule has 3 heteroatoms. The van der Waals surface area contributed by atoms with Crippen LogP contribution in [0.4, 0.5) is 0 Å². The van der Waals surface area contributed by atoms with Gasteiger partial charge < -0.3 is 4.74 Å². The summed E-state index contributed by atoms with van der Waals surface area (Å²) in [6.45, 7) is 5.99. The van der Waals surface area contributed by atoms with Crippen molar-refractivity contribution in [2.24, 2.45) is 0 Å². The van der Waals surface area contributed by atoms with Crippen LogP contribution in [0.3, 0.4) is 0 Å². The Balaban J connectivity index is 2.59. The summed E-state index contributed by atoms with van der Waals surface area (Å²) in [5.41, 5.74) is 3.14. The Morgan fingerprint density at radius 2 is 2.12 bits per heavy atom. The van der Waals surface area contributed by atoms with E-state index < -0.39 is 4.33 Å². The van der Waals surface area contributed by atoms with Crippen molar-refractivity contribution in [3.63, 3.8) is 0 Å². The minimum absolute atomic E-state index is 0.0298. The van der Waals surface area contributed by atoms with Crippen LogP contribution < -0.4 is 4.74 Å². The first-order chi connectivity index (χ1) is 7.48. The Kier molecular flexibility index (Phi) is 2.93. The molecule has 0 amide bonds. The van der Waals surface area contributed by atoms with E-state index in [0.29, 0.717) is 6.42 Å². The fourth-order valence-electron chi connectivity index (χ4n) is 2.20. The van der Waals surface area contributed by atoms with Crippen LogP contribution in [0.15, 0.2) is 30.4 Å². The quantitative estimate of drug-likeness (QED) is 0.544. The molecule has 86 valence electrons. The van der Waals surface area contributed by atoms with Crippen molar-refractivity contribution in [3.8, 4) is 5.75 Å². The molecule has 1 aromatic carbocycles. The maximum Gasteiger partial charge on any atom is 0.145 e. The second-order valence-corrected chi connectivity index (χ2v) is 5.54. The van der Waals surface area contributed by atoms with E-state index in [-0.39, 0.29) is 5.92 Å². The highest BCUT2D eigenvalue weighted by molar-refractivity contribution is 6.51. The van der Waals surface area contributed by atoms with Crippen molar-refractivity contribution in [2.75, 3.05) is 7.11 Å². The van der Waals surface area contributed by atoms with Gasteiger partial charge in [0.1, 0.15) is 10.1 Å². The molecule has 1 aliphatic carbocycles. The van der Waals surface area contributed by atoms with Crippen LogP contribution in [0.1, 0.15) is 24.0 Å². The second kappa shape index (κ2) is 3.97. The number of benzene rings is 1. The zero-order chi connectivity index (χ0) is 11.9. The number of hydrogen-bond acceptors (Lipinski definition) is 1. The van der Waals surface area contributed by atoms with E-state index in [1.807, 2.05) is 19.1 Å². The van der Waals surface area contributed by atoms with Crippen LogP contribution in [0.2, 0.25) is 0 Å². The van der Waals surface area contributed by atoms with E-state index in [1.54, 1.807) is 7.11 Å². The van der Waals surface area contributed by atoms with Gasteiger partial charge in [-0.1, -0.05) is 48.8 Å². The Hall–Kier alpha value is -0.660. The number of halogens is 2. The first kappa shape index (κ1) is 11.8. The monoisotopic (exact) mass is 256 g/mol. The van der Waals surface area contributed by atoms with E-state index in [9.17, 15) is 0 Å². The van der Waals surface area contributed by atoms with Gasteiger partial charge in [-0.15, -0.1) is 0 Å². The van der Waals surface area contributed by atoms with Gasteiger partial charge in [-0.25, -0.2) is 0 Å². The molecule has 2 rings (SSSR count). The van der Waals surface area contributed by atoms with Crippen molar-refractivity contribution >= 4 is 23.2 Å². The Morgan fingerprint density at radius 1 is 1.44 bits per heavy atom. The average Bonchev–Trinajstić information content (AvgIpc) is 2.26. The largest absolute Gasteiger partial charge is 0.496 e. The normalized spacial score (nSPS) is 22.8. The predicted molar refractivity (Wildman–Crippen MR) is 68.7 cm³/mol. The third-order valence-electron chi connectivity index (χ3n) is 3.26. The number of ether oxygens (including phenoxy) is 1. The summed E-state index contributed by atoms with van der Waals surface area (Å²) >= 11 is 12.6. The van der Waals surface area contributed by atoms with E-state index in [0.717, 1.165) is 22.4 Å². The number of methoxy groups -OCH3 is 1. The molecule has 1 nitrogen and oxygen atoms in total. The third-order valence-corrected chi connectivity index (χ3v) is 4.45. The summed E-state index contributed by atoms with van der Waals surface area (Å²) in [4.78, 5) is 0. The lowest BCUT2D eigenvalue weighted by molar-refractivity contribution is 0.407. The molecule has 0 aromatic heterocycles. The van der Waals surface area contributed by atoms with Crippen LogP contribution >= 0.6 is 23.2 Å². The highest BCUT2D eigenvalue weighted by atomic mass is 35.5. The van der Waals surface area contributed by atoms with Gasteiger partial charge in [-0.05, 0) is 23.6 Å². The number of rotatable bonds is 1. The fraction of sp³-hybridized carbons (Fsp3) is 0.385. The van der Waals surface area contributed by atoms with Crippen LogP contribution in [-0.4, -0.2) is 11.4 Å². The van der Waals surface area contributed by atoms with Crippen LogP contribution in [0.5, 0.6) is 5.75 Å². The molecule has 0 saturated carbocycles. The molecule has 0 fully saturated rings. The van der Waals surface area contributed by atoms with Gasteiger partial charge >= 0.3 is 0 Å². The molecule has 0 aliphatic heterocycles. The summed E-state index contributed by atoms with van der Waals surface area (Å²) in [5.74, 6) is 0.913. The van der Waals surface area contributed by atoms with Gasteiger partial charge in [0.2, 0.25) is 0 Å². The molecule has 16 heavy (non-hydrogen) atoms. The van der Waals surface area contributed by atoms with Crippen molar-refractivity contribution in [2.45, 2.75) is 23.6 Å². The van der Waals surface area contributed by atoms with Crippen molar-refractivity contribution in [1.29, 1.82) is 0 Å². The first-order valence-corrected chi connectivity index (χ1v) is 5.96. The molecule has 0 heterocycles. The zero-order valence-electron chi connectivity index (χ0n) is 9.39. The average molecular weight is 257 g/mol. The minimum Gasteiger partial charge on any atom is -0.496 e. The Bertz CT molecular complexity index is 438. The third kappa shape index (κ3) is 1.63.